The van der Waals surface area contributed by atoms with Crippen LogP contribution < -0.4 is 4.74 Å². The van der Waals surface area contributed by atoms with Gasteiger partial charge < -0.3 is 14.4 Å². The smallest absolute Gasteiger partial charge is 0.255 e. The van der Waals surface area contributed by atoms with Crippen molar-refractivity contribution in [2.75, 3.05) is 39.4 Å². The largest absolute Gasteiger partial charge is 0.493 e. The van der Waals surface area contributed by atoms with Crippen LogP contribution in [0.1, 0.15) is 29.5 Å². The first-order valence-corrected chi connectivity index (χ1v) is 11.2. The molecule has 3 aliphatic heterocycles. The van der Waals surface area contributed by atoms with E-state index in [1.165, 1.54) is 16.7 Å². The van der Waals surface area contributed by atoms with Gasteiger partial charge in [-0.05, 0) is 42.0 Å². The van der Waals surface area contributed by atoms with Crippen LogP contribution in [0.4, 0.5) is 0 Å². The topological polar surface area (TPSA) is 42.0 Å². The van der Waals surface area contributed by atoms with Crippen LogP contribution in [0.25, 0.3) is 0 Å². The van der Waals surface area contributed by atoms with Gasteiger partial charge in [0.15, 0.2) is 0 Å². The van der Waals surface area contributed by atoms with Crippen molar-refractivity contribution in [2.45, 2.75) is 37.8 Å². The summed E-state index contributed by atoms with van der Waals surface area (Å²) >= 11 is 0. The van der Waals surface area contributed by atoms with Gasteiger partial charge in [0.25, 0.3) is 5.91 Å². The van der Waals surface area contributed by atoms with Crippen molar-refractivity contribution in [3.8, 4) is 5.75 Å². The molecule has 2 fully saturated rings. The Balaban J connectivity index is 1.17. The van der Waals surface area contributed by atoms with Crippen LogP contribution in [0.15, 0.2) is 48.5 Å². The molecule has 0 aromatic heterocycles. The minimum absolute atomic E-state index is 0.194. The summed E-state index contributed by atoms with van der Waals surface area (Å²) in [4.78, 5) is 17.8. The molecule has 0 unspecified atom stereocenters. The molecule has 1 amide bonds. The van der Waals surface area contributed by atoms with Crippen LogP contribution in [0.2, 0.25) is 0 Å². The van der Waals surface area contributed by atoms with Gasteiger partial charge >= 0.3 is 0 Å². The zero-order chi connectivity index (χ0) is 20.4. The molecule has 0 N–H and O–H groups in total. The molecule has 5 rings (SSSR count). The van der Waals surface area contributed by atoms with Crippen LogP contribution >= 0.6 is 0 Å². The van der Waals surface area contributed by atoms with Crippen LogP contribution in [0.5, 0.6) is 5.75 Å². The number of carbonyl (C=O) groups is 1. The molecule has 0 saturated carbocycles. The summed E-state index contributed by atoms with van der Waals surface area (Å²) in [6.45, 7) is 5.63. The van der Waals surface area contributed by atoms with Crippen molar-refractivity contribution >= 4 is 5.91 Å². The number of carbonyl (C=O) groups excluding carboxylic acids is 1. The number of amides is 1. The molecule has 158 valence electrons. The molecule has 5 nitrogen and oxygen atoms in total. The molecule has 0 aliphatic carbocycles. The van der Waals surface area contributed by atoms with E-state index >= 15 is 0 Å². The van der Waals surface area contributed by atoms with Crippen molar-refractivity contribution < 1.29 is 14.3 Å². The standard InChI is InChI=1S/C25H30N2O3/c28-24-25(30-17-15-27(24)12-8-20-4-2-1-3-5-20)10-13-26(14-11-25)19-21-6-7-23-22(18-21)9-16-29-23/h1-7,18H,8-17,19H2. The molecule has 2 aromatic rings. The third kappa shape index (κ3) is 3.96. The Morgan fingerprint density at radius 2 is 1.77 bits per heavy atom. The number of hydrogen-bond donors (Lipinski definition) is 0. The van der Waals surface area contributed by atoms with Gasteiger partial charge in [-0.25, -0.2) is 0 Å². The van der Waals surface area contributed by atoms with E-state index in [2.05, 4.69) is 47.4 Å². The van der Waals surface area contributed by atoms with Crippen LogP contribution in [0.3, 0.4) is 0 Å². The maximum absolute atomic E-state index is 13.3. The van der Waals surface area contributed by atoms with E-state index < -0.39 is 5.60 Å². The molecule has 1 spiro atoms. The van der Waals surface area contributed by atoms with Gasteiger partial charge in [-0.1, -0.05) is 42.5 Å². The Morgan fingerprint density at radius 3 is 2.60 bits per heavy atom. The number of piperidine rings is 1. The fourth-order valence-electron chi connectivity index (χ4n) is 4.95. The molecule has 2 saturated heterocycles. The minimum Gasteiger partial charge on any atom is -0.493 e. The summed E-state index contributed by atoms with van der Waals surface area (Å²) in [6.07, 6.45) is 3.47. The van der Waals surface area contributed by atoms with Gasteiger partial charge in [0.1, 0.15) is 11.4 Å². The van der Waals surface area contributed by atoms with Crippen molar-refractivity contribution in [2.24, 2.45) is 0 Å². The zero-order valence-electron chi connectivity index (χ0n) is 17.5. The maximum atomic E-state index is 13.3. The molecule has 0 bridgehead atoms. The molecule has 5 heteroatoms. The Kier molecular flexibility index (Phi) is 5.48. The quantitative estimate of drug-likeness (QED) is 0.765. The molecular weight excluding hydrogens is 376 g/mol. The molecule has 3 aliphatic rings. The number of rotatable bonds is 5. The molecule has 30 heavy (non-hydrogen) atoms. The first-order valence-electron chi connectivity index (χ1n) is 11.2. The molecule has 0 atom stereocenters. The van der Waals surface area contributed by atoms with Crippen LogP contribution in [0, 0.1) is 0 Å². The van der Waals surface area contributed by atoms with Gasteiger partial charge in [-0.15, -0.1) is 0 Å². The lowest BCUT2D eigenvalue weighted by molar-refractivity contribution is -0.179. The predicted molar refractivity (Wildman–Crippen MR) is 116 cm³/mol. The molecular formula is C25H30N2O3. The van der Waals surface area contributed by atoms with Gasteiger partial charge in [0, 0.05) is 39.1 Å². The number of benzene rings is 2. The van der Waals surface area contributed by atoms with Crippen molar-refractivity contribution in [3.05, 3.63) is 65.2 Å². The van der Waals surface area contributed by atoms with Gasteiger partial charge in [0.05, 0.1) is 13.2 Å². The second kappa shape index (κ2) is 8.40. The first-order chi connectivity index (χ1) is 14.7. The molecule has 2 aromatic carbocycles. The third-order valence-corrected chi connectivity index (χ3v) is 6.75. The Bertz CT molecular complexity index is 891. The van der Waals surface area contributed by atoms with Crippen LogP contribution in [-0.2, 0) is 28.9 Å². The molecule has 3 heterocycles. The Labute approximate surface area is 178 Å². The van der Waals surface area contributed by atoms with Crippen molar-refractivity contribution in [1.82, 2.24) is 9.80 Å². The Hall–Kier alpha value is -2.37. The minimum atomic E-state index is -0.614. The maximum Gasteiger partial charge on any atom is 0.255 e. The van der Waals surface area contributed by atoms with E-state index in [1.54, 1.807) is 0 Å². The normalized spacial score (nSPS) is 20.9. The summed E-state index contributed by atoms with van der Waals surface area (Å²) in [5.74, 6) is 1.23. The van der Waals surface area contributed by atoms with Crippen molar-refractivity contribution in [1.29, 1.82) is 0 Å². The monoisotopic (exact) mass is 406 g/mol. The highest BCUT2D eigenvalue weighted by Crippen LogP contribution is 2.33. The predicted octanol–water partition coefficient (Wildman–Crippen LogP) is 3.06. The van der Waals surface area contributed by atoms with E-state index in [-0.39, 0.29) is 5.91 Å². The average molecular weight is 407 g/mol. The van der Waals surface area contributed by atoms with Crippen LogP contribution in [-0.4, -0.2) is 60.7 Å². The van der Waals surface area contributed by atoms with Gasteiger partial charge in [-0.3, -0.25) is 9.69 Å². The number of hydrogen-bond acceptors (Lipinski definition) is 4. The number of likely N-dealkylation sites (tertiary alicyclic amines) is 1. The lowest BCUT2D eigenvalue weighted by Crippen LogP contribution is -2.60. The highest BCUT2D eigenvalue weighted by Gasteiger charge is 2.47. The SMILES string of the molecule is O=C1N(CCc2ccccc2)CCOC12CCN(Cc1ccc3c(c1)CCO3)CC2. The van der Waals surface area contributed by atoms with E-state index in [4.69, 9.17) is 9.47 Å². The second-order valence-electron chi connectivity index (χ2n) is 8.69. The number of fused-ring (bicyclic) bond motifs is 1. The fourth-order valence-corrected chi connectivity index (χ4v) is 4.95. The zero-order valence-corrected chi connectivity index (χ0v) is 17.5. The van der Waals surface area contributed by atoms with Crippen molar-refractivity contribution in [3.63, 3.8) is 0 Å². The Morgan fingerprint density at radius 1 is 0.933 bits per heavy atom. The van der Waals surface area contributed by atoms with E-state index in [9.17, 15) is 4.79 Å². The first kappa shape index (κ1) is 19.6. The second-order valence-corrected chi connectivity index (χ2v) is 8.69. The van der Waals surface area contributed by atoms with Gasteiger partial charge in [-0.2, -0.15) is 0 Å². The number of morpholine rings is 1. The fraction of sp³-hybridized carbons (Fsp3) is 0.480. The summed E-state index contributed by atoms with van der Waals surface area (Å²) in [6, 6.07) is 16.9. The van der Waals surface area contributed by atoms with Gasteiger partial charge in [0.2, 0.25) is 0 Å². The summed E-state index contributed by atoms with van der Waals surface area (Å²) in [7, 11) is 0. The van der Waals surface area contributed by atoms with E-state index in [1.807, 2.05) is 11.0 Å². The summed E-state index contributed by atoms with van der Waals surface area (Å²) in [5, 5.41) is 0. The van der Waals surface area contributed by atoms with E-state index in [0.29, 0.717) is 13.2 Å². The highest BCUT2D eigenvalue weighted by molar-refractivity contribution is 5.86. The lowest BCUT2D eigenvalue weighted by Gasteiger charge is -2.46. The molecule has 0 radical (unpaired) electrons. The number of ether oxygens (including phenoxy) is 2. The lowest BCUT2D eigenvalue weighted by atomic mass is 9.88. The average Bonchev–Trinajstić information content (AvgIpc) is 3.25. The van der Waals surface area contributed by atoms with E-state index in [0.717, 1.165) is 64.2 Å². The highest BCUT2D eigenvalue weighted by atomic mass is 16.5. The number of nitrogens with zero attached hydrogens (tertiary/aromatic N) is 2. The summed E-state index contributed by atoms with van der Waals surface area (Å²) in [5.41, 5.74) is 3.31. The summed E-state index contributed by atoms with van der Waals surface area (Å²) < 4.78 is 11.7. The third-order valence-electron chi connectivity index (χ3n) is 6.75.